The summed E-state index contributed by atoms with van der Waals surface area (Å²) in [5.41, 5.74) is -0.292. The lowest BCUT2D eigenvalue weighted by molar-refractivity contribution is -0.150. The van der Waals surface area contributed by atoms with Gasteiger partial charge >= 0.3 is 18.3 Å². The zero-order chi connectivity index (χ0) is 53.1. The van der Waals surface area contributed by atoms with Gasteiger partial charge in [-0.3, -0.25) is 19.3 Å². The summed E-state index contributed by atoms with van der Waals surface area (Å²) in [6, 6.07) is 31.3. The van der Waals surface area contributed by atoms with Gasteiger partial charge in [-0.1, -0.05) is 96.2 Å². The maximum atomic E-state index is 14.1. The highest BCUT2D eigenvalue weighted by atomic mass is 79.9. The van der Waals surface area contributed by atoms with Gasteiger partial charge in [-0.25, -0.2) is 19.4 Å². The van der Waals surface area contributed by atoms with Crippen LogP contribution in [0, 0.1) is 0 Å². The number of nitrogens with one attached hydrogen (secondary N) is 2. The van der Waals surface area contributed by atoms with E-state index in [1.54, 1.807) is 46.9 Å². The fourth-order valence-corrected chi connectivity index (χ4v) is 13.2. The summed E-state index contributed by atoms with van der Waals surface area (Å²) in [4.78, 5) is 91.4. The second-order valence-corrected chi connectivity index (χ2v) is 23.6. The summed E-state index contributed by atoms with van der Waals surface area (Å²) in [5.74, 6) is -3.04. The molecule has 3 N–H and O–H groups in total. The highest BCUT2D eigenvalue weighted by Gasteiger charge is 2.54. The molecule has 2 aliphatic rings. The second-order valence-electron chi connectivity index (χ2n) is 18.5. The van der Waals surface area contributed by atoms with E-state index >= 15 is 0 Å². The van der Waals surface area contributed by atoms with Crippen LogP contribution in [0.1, 0.15) is 63.9 Å². The van der Waals surface area contributed by atoms with Crippen LogP contribution < -0.4 is 25.5 Å². The molecule has 2 amide bonds. The molecule has 0 saturated carbocycles. The van der Waals surface area contributed by atoms with Gasteiger partial charge in [0.15, 0.2) is 22.3 Å². The van der Waals surface area contributed by atoms with E-state index in [0.717, 1.165) is 44.7 Å². The Morgan fingerprint density at radius 1 is 0.838 bits per heavy atom. The van der Waals surface area contributed by atoms with Gasteiger partial charge in [-0.15, -0.1) is 46.2 Å². The molecule has 0 aliphatic carbocycles. The van der Waals surface area contributed by atoms with Crippen LogP contribution in [0.5, 0.6) is 11.5 Å². The van der Waals surface area contributed by atoms with Crippen LogP contribution in [0.25, 0.3) is 10.1 Å². The average molecular weight is 1140 g/mol. The van der Waals surface area contributed by atoms with E-state index < -0.39 is 63.7 Å². The number of carboxylic acids is 1. The molecule has 22 heteroatoms. The van der Waals surface area contributed by atoms with Crippen molar-refractivity contribution in [3.63, 3.8) is 0 Å². The molecule has 4 heterocycles. The van der Waals surface area contributed by atoms with Gasteiger partial charge in [-0.2, -0.15) is 0 Å². The normalized spacial score (nSPS) is 15.9. The van der Waals surface area contributed by atoms with Gasteiger partial charge in [-0.05, 0) is 85.8 Å². The number of thioether (sulfide) groups is 2. The minimum absolute atomic E-state index is 0.0499. The van der Waals surface area contributed by atoms with Crippen molar-refractivity contribution in [2.75, 3.05) is 23.9 Å². The van der Waals surface area contributed by atoms with E-state index in [0.29, 0.717) is 19.6 Å². The number of oxime groups is 1. The molecule has 0 radical (unpaired) electrons. The van der Waals surface area contributed by atoms with Crippen molar-refractivity contribution in [3.8, 4) is 11.5 Å². The number of anilines is 1. The minimum atomic E-state index is -1.35. The highest BCUT2D eigenvalue weighted by molar-refractivity contribution is 9.10. The predicted molar refractivity (Wildman–Crippen MR) is 288 cm³/mol. The van der Waals surface area contributed by atoms with Crippen molar-refractivity contribution in [2.45, 2.75) is 73.9 Å². The second kappa shape index (κ2) is 22.0. The standard InChI is InChI=1S/C52H48BrN5O12S4/c1-50(2,3)69-48(64)67-34-23-32-36(24-35(34)68-49(65)70-51(4,5)6)74-46(37(53)41(32)59)72-26-28-25-71-44-39(43(61)58(44)40(28)45(62)63)55-42(60)38(57-66-7)33-27-73-47(54-33)56-52(29-17-11-8-12-18-29,30-19-13-9-14-20-30)31-21-15-10-16-22-31/h8-24,27,39,44H,25-26H2,1-7H3,(H,54,56)(H,55,60)(H,62,63)/t39?,44-/m0/s1. The first kappa shape index (κ1) is 53.6. The molecule has 0 bridgehead atoms. The summed E-state index contributed by atoms with van der Waals surface area (Å²) in [5, 5.41) is 22.4. The molecule has 17 nitrogen and oxygen atoms in total. The number of benzene rings is 4. The van der Waals surface area contributed by atoms with Crippen LogP contribution in [-0.4, -0.2) is 92.0 Å². The number of carbonyl (C=O) groups is 5. The molecule has 2 aliphatic heterocycles. The predicted octanol–water partition coefficient (Wildman–Crippen LogP) is 10.4. The van der Waals surface area contributed by atoms with Gasteiger partial charge in [0.05, 0.1) is 8.68 Å². The number of nitrogens with zero attached hydrogens (tertiary/aromatic N) is 3. The lowest BCUT2D eigenvalue weighted by Gasteiger charge is -2.49. The van der Waals surface area contributed by atoms with Gasteiger partial charge in [0.1, 0.15) is 46.7 Å². The Labute approximate surface area is 449 Å². The summed E-state index contributed by atoms with van der Waals surface area (Å²) < 4.78 is 22.4. The molecular formula is C52H48BrN5O12S4. The maximum absolute atomic E-state index is 14.1. The van der Waals surface area contributed by atoms with E-state index in [9.17, 15) is 33.9 Å². The molecule has 2 aromatic heterocycles. The van der Waals surface area contributed by atoms with Gasteiger partial charge < -0.3 is 39.5 Å². The Morgan fingerprint density at radius 3 is 1.89 bits per heavy atom. The molecular weight excluding hydrogens is 1090 g/mol. The number of hydrogen-bond donors (Lipinski definition) is 3. The quantitative estimate of drug-likeness (QED) is 0.0165. The zero-order valence-corrected chi connectivity index (χ0v) is 45.6. The molecule has 0 spiro atoms. The molecule has 1 saturated heterocycles. The monoisotopic (exact) mass is 1140 g/mol. The van der Waals surface area contributed by atoms with Crippen molar-refractivity contribution >= 4 is 113 Å². The molecule has 74 heavy (non-hydrogen) atoms. The number of fused-ring (bicyclic) bond motifs is 2. The third kappa shape index (κ3) is 11.6. The Bertz CT molecular complexity index is 3170. The molecule has 384 valence electrons. The lowest BCUT2D eigenvalue weighted by atomic mass is 9.77. The third-order valence-electron chi connectivity index (χ3n) is 11.0. The number of thiazole rings is 1. The zero-order valence-electron chi connectivity index (χ0n) is 40.8. The molecule has 8 rings (SSSR count). The van der Waals surface area contributed by atoms with Crippen molar-refractivity contribution in [3.05, 3.63) is 157 Å². The number of aromatic nitrogens is 1. The summed E-state index contributed by atoms with van der Waals surface area (Å²) >= 11 is 8.20. The van der Waals surface area contributed by atoms with Crippen LogP contribution >= 0.6 is 62.1 Å². The Morgan fingerprint density at radius 2 is 1.38 bits per heavy atom. The van der Waals surface area contributed by atoms with Crippen molar-refractivity contribution in [2.24, 2.45) is 5.16 Å². The van der Waals surface area contributed by atoms with Crippen molar-refractivity contribution in [1.82, 2.24) is 15.2 Å². The van der Waals surface area contributed by atoms with Gasteiger partial charge in [0.25, 0.3) is 11.8 Å². The van der Waals surface area contributed by atoms with Crippen LogP contribution in [-0.2, 0) is 34.2 Å². The minimum Gasteiger partial charge on any atom is -0.477 e. The van der Waals surface area contributed by atoms with E-state index in [2.05, 4.69) is 31.7 Å². The molecule has 2 atom stereocenters. The maximum Gasteiger partial charge on any atom is 0.514 e. The van der Waals surface area contributed by atoms with E-state index in [1.807, 2.05) is 91.0 Å². The molecule has 1 fully saturated rings. The number of ether oxygens (including phenoxy) is 4. The summed E-state index contributed by atoms with van der Waals surface area (Å²) in [6.45, 7) is 9.86. The van der Waals surface area contributed by atoms with Crippen molar-refractivity contribution in [1.29, 1.82) is 0 Å². The smallest absolute Gasteiger partial charge is 0.477 e. The van der Waals surface area contributed by atoms with Gasteiger partial charge in [0.2, 0.25) is 5.43 Å². The average Bonchev–Trinajstić information content (AvgIpc) is 3.82. The van der Waals surface area contributed by atoms with Gasteiger partial charge in [0, 0.05) is 33.0 Å². The molecule has 1 unspecified atom stereocenters. The number of amides is 2. The number of carbonyl (C=O) groups excluding carboxylic acids is 4. The van der Waals surface area contributed by atoms with Crippen LogP contribution in [0.2, 0.25) is 0 Å². The number of aliphatic carboxylic acids is 1. The lowest BCUT2D eigenvalue weighted by Crippen LogP contribution is -2.71. The fraction of sp³-hybridized carbons (Fsp3) is 0.269. The number of hydrogen-bond acceptors (Lipinski definition) is 18. The summed E-state index contributed by atoms with van der Waals surface area (Å²) in [7, 11) is 1.29. The van der Waals surface area contributed by atoms with Crippen LogP contribution in [0.3, 0.4) is 0 Å². The van der Waals surface area contributed by atoms with E-state index in [-0.39, 0.29) is 50.0 Å². The summed E-state index contributed by atoms with van der Waals surface area (Å²) in [6.07, 6.45) is -2.19. The topological polar surface area (TPSA) is 221 Å². The number of rotatable bonds is 15. The van der Waals surface area contributed by atoms with Crippen LogP contribution in [0.4, 0.5) is 14.7 Å². The highest BCUT2D eigenvalue weighted by Crippen LogP contribution is 2.45. The molecule has 6 aromatic rings. The Hall–Kier alpha value is -6.72. The largest absolute Gasteiger partial charge is 0.514 e. The Balaban J connectivity index is 1.01. The number of halogens is 1. The SMILES string of the molecule is CON=C(C(=O)NC1C(=O)N2C(C(=O)O)=C(CSc3sc4cc(OC(=O)OC(C)(C)C)c(OC(=O)OC(C)(C)C)cc4c(=O)c3Br)CS[C@@H]12)c1csc(NC(c2ccccc2)(c2ccccc2)c2ccccc2)n1. The van der Waals surface area contributed by atoms with Crippen molar-refractivity contribution < 1.29 is 52.9 Å². The molecule has 4 aromatic carbocycles. The Kier molecular flexibility index (Phi) is 15.9. The first-order chi connectivity index (χ1) is 35.2. The fourth-order valence-electron chi connectivity index (χ4n) is 7.97. The number of β-lactam (4-membered cyclic amide) rings is 1. The number of carboxylic acid groups (broad SMARTS) is 1. The van der Waals surface area contributed by atoms with Crippen LogP contribution in [0.15, 0.2) is 138 Å². The first-order valence-electron chi connectivity index (χ1n) is 22.6. The van der Waals surface area contributed by atoms with E-state index in [1.165, 1.54) is 42.3 Å². The third-order valence-corrected chi connectivity index (χ3v) is 16.9. The van der Waals surface area contributed by atoms with E-state index in [4.69, 9.17) is 28.8 Å². The first-order valence-corrected chi connectivity index (χ1v) is 27.2.